The molecule has 70 valence electrons. The summed E-state index contributed by atoms with van der Waals surface area (Å²) in [6, 6.07) is 0. The molecule has 0 aromatic rings. The third-order valence-electron chi connectivity index (χ3n) is 1.53. The maximum Gasteiger partial charge on any atom is 0.307 e. The van der Waals surface area contributed by atoms with Crippen LogP contribution in [-0.4, -0.2) is 34.7 Å². The number of ether oxygens (including phenoxy) is 2. The van der Waals surface area contributed by atoms with Gasteiger partial charge in [-0.25, -0.2) is 0 Å². The number of hydrogen-bond acceptors (Lipinski definition) is 4. The summed E-state index contributed by atoms with van der Waals surface area (Å²) in [6.07, 6.45) is -0.0558. The molecule has 1 heterocycles. The van der Waals surface area contributed by atoms with E-state index in [2.05, 4.69) is 0 Å². The first-order valence-corrected chi connectivity index (χ1v) is 6.19. The SMILES string of the molecule is CCC(=O)OC(O[SiH2]C)C1CO1. The minimum absolute atomic E-state index is 0.00653. The Hall–Kier alpha value is -0.393. The molecule has 0 aromatic carbocycles. The second kappa shape index (κ2) is 4.59. The lowest BCUT2D eigenvalue weighted by atomic mass is 10.4. The first-order chi connectivity index (χ1) is 5.77. The van der Waals surface area contributed by atoms with Crippen LogP contribution in [0.2, 0.25) is 6.55 Å². The normalized spacial score (nSPS) is 24.3. The summed E-state index contributed by atoms with van der Waals surface area (Å²) >= 11 is 0. The molecule has 0 saturated carbocycles. The lowest BCUT2D eigenvalue weighted by molar-refractivity contribution is -0.165. The fourth-order valence-corrected chi connectivity index (χ4v) is 1.42. The summed E-state index contributed by atoms with van der Waals surface area (Å²) in [5, 5.41) is 0. The molecule has 12 heavy (non-hydrogen) atoms. The average Bonchev–Trinajstić information content (AvgIpc) is 2.86. The fourth-order valence-electron chi connectivity index (χ4n) is 0.807. The van der Waals surface area contributed by atoms with Crippen molar-refractivity contribution in [3.8, 4) is 0 Å². The van der Waals surface area contributed by atoms with Crippen molar-refractivity contribution in [2.24, 2.45) is 0 Å². The van der Waals surface area contributed by atoms with Crippen LogP contribution in [0.25, 0.3) is 0 Å². The van der Waals surface area contributed by atoms with Crippen molar-refractivity contribution in [1.82, 2.24) is 0 Å². The molecular weight excluding hydrogens is 176 g/mol. The van der Waals surface area contributed by atoms with Gasteiger partial charge in [0.1, 0.15) is 6.10 Å². The second-order valence-electron chi connectivity index (χ2n) is 2.54. The number of epoxide rings is 1. The van der Waals surface area contributed by atoms with Gasteiger partial charge in [0.25, 0.3) is 0 Å². The highest BCUT2D eigenvalue weighted by molar-refractivity contribution is 6.24. The van der Waals surface area contributed by atoms with Gasteiger partial charge in [0.2, 0.25) is 6.29 Å². The zero-order valence-electron chi connectivity index (χ0n) is 7.41. The van der Waals surface area contributed by atoms with E-state index < -0.39 is 16.1 Å². The third-order valence-corrected chi connectivity index (χ3v) is 2.19. The molecule has 1 fully saturated rings. The summed E-state index contributed by atoms with van der Waals surface area (Å²) in [7, 11) is -0.544. The maximum absolute atomic E-state index is 10.9. The van der Waals surface area contributed by atoms with Crippen molar-refractivity contribution in [3.63, 3.8) is 0 Å². The molecule has 0 radical (unpaired) electrons. The second-order valence-corrected chi connectivity index (χ2v) is 3.45. The lowest BCUT2D eigenvalue weighted by Crippen LogP contribution is -2.27. The van der Waals surface area contributed by atoms with E-state index in [1.807, 2.05) is 6.55 Å². The van der Waals surface area contributed by atoms with E-state index in [9.17, 15) is 4.79 Å². The van der Waals surface area contributed by atoms with Gasteiger partial charge in [-0.1, -0.05) is 13.5 Å². The standard InChI is InChI=1S/C7H14O4Si/c1-3-6(8)10-7(11-12-2)5-4-9-5/h5,7H,3-4,12H2,1-2H3. The minimum atomic E-state index is -0.544. The highest BCUT2D eigenvalue weighted by Gasteiger charge is 2.35. The summed E-state index contributed by atoms with van der Waals surface area (Å²) in [5.41, 5.74) is 0. The quantitative estimate of drug-likeness (QED) is 0.261. The molecule has 1 rings (SSSR count). The fraction of sp³-hybridized carbons (Fsp3) is 0.857. The highest BCUT2D eigenvalue weighted by atomic mass is 28.2. The highest BCUT2D eigenvalue weighted by Crippen LogP contribution is 2.18. The predicted octanol–water partition coefficient (Wildman–Crippen LogP) is -0.187. The summed E-state index contributed by atoms with van der Waals surface area (Å²) in [5.74, 6) is -0.224. The van der Waals surface area contributed by atoms with Gasteiger partial charge in [-0.2, -0.15) is 0 Å². The van der Waals surface area contributed by atoms with Gasteiger partial charge in [-0.3, -0.25) is 4.79 Å². The van der Waals surface area contributed by atoms with Crippen LogP contribution in [0, 0.1) is 0 Å². The smallest absolute Gasteiger partial charge is 0.307 e. The first kappa shape index (κ1) is 9.69. The Morgan fingerprint density at radius 3 is 2.92 bits per heavy atom. The molecule has 2 unspecified atom stereocenters. The van der Waals surface area contributed by atoms with Crippen LogP contribution in [0.5, 0.6) is 0 Å². The Morgan fingerprint density at radius 2 is 2.50 bits per heavy atom. The summed E-state index contributed by atoms with van der Waals surface area (Å²) < 4.78 is 15.3. The Labute approximate surface area is 74.1 Å². The average molecular weight is 190 g/mol. The van der Waals surface area contributed by atoms with Crippen LogP contribution >= 0.6 is 0 Å². The maximum atomic E-state index is 10.9. The topological polar surface area (TPSA) is 48.1 Å². The first-order valence-electron chi connectivity index (χ1n) is 4.20. The Bertz CT molecular complexity index is 157. The molecule has 5 heteroatoms. The van der Waals surface area contributed by atoms with Crippen LogP contribution in [0.1, 0.15) is 13.3 Å². The van der Waals surface area contributed by atoms with Crippen LogP contribution in [0.15, 0.2) is 0 Å². The van der Waals surface area contributed by atoms with Gasteiger partial charge in [-0.05, 0) is 0 Å². The van der Waals surface area contributed by atoms with Gasteiger partial charge in [0, 0.05) is 6.42 Å². The van der Waals surface area contributed by atoms with Crippen molar-refractivity contribution in [3.05, 3.63) is 0 Å². The molecule has 1 aliphatic rings. The lowest BCUT2D eigenvalue weighted by Gasteiger charge is -2.14. The zero-order chi connectivity index (χ0) is 8.97. The predicted molar refractivity (Wildman–Crippen MR) is 45.4 cm³/mol. The number of carbonyl (C=O) groups excluding carboxylic acids is 1. The van der Waals surface area contributed by atoms with Gasteiger partial charge in [0.05, 0.1) is 6.61 Å². The number of carbonyl (C=O) groups is 1. The van der Waals surface area contributed by atoms with Gasteiger partial charge >= 0.3 is 5.97 Å². The minimum Gasteiger partial charge on any atom is -0.434 e. The summed E-state index contributed by atoms with van der Waals surface area (Å²) in [6.45, 7) is 4.40. The van der Waals surface area contributed by atoms with E-state index in [-0.39, 0.29) is 12.1 Å². The van der Waals surface area contributed by atoms with Crippen molar-refractivity contribution in [2.45, 2.75) is 32.3 Å². The van der Waals surface area contributed by atoms with Crippen molar-refractivity contribution < 1.29 is 18.7 Å². The van der Waals surface area contributed by atoms with Gasteiger partial charge in [-0.15, -0.1) is 0 Å². The molecule has 1 saturated heterocycles. The Morgan fingerprint density at radius 1 is 1.83 bits per heavy atom. The van der Waals surface area contributed by atoms with Gasteiger partial charge in [0.15, 0.2) is 9.76 Å². The van der Waals surface area contributed by atoms with E-state index in [1.54, 1.807) is 6.92 Å². The monoisotopic (exact) mass is 190 g/mol. The number of esters is 1. The van der Waals surface area contributed by atoms with Crippen LogP contribution in [-0.2, 0) is 18.7 Å². The molecule has 2 atom stereocenters. The molecular formula is C7H14O4Si. The van der Waals surface area contributed by atoms with Gasteiger partial charge < -0.3 is 13.9 Å². The third kappa shape index (κ3) is 2.92. The van der Waals surface area contributed by atoms with Crippen molar-refractivity contribution in [2.75, 3.05) is 6.61 Å². The number of rotatable bonds is 5. The van der Waals surface area contributed by atoms with Crippen LogP contribution in [0.3, 0.4) is 0 Å². The summed E-state index contributed by atoms with van der Waals surface area (Å²) in [4.78, 5) is 10.9. The number of hydrogen-bond donors (Lipinski definition) is 0. The van der Waals surface area contributed by atoms with E-state index >= 15 is 0 Å². The Kier molecular flexibility index (Phi) is 3.71. The van der Waals surface area contributed by atoms with Crippen LogP contribution in [0.4, 0.5) is 0 Å². The molecule has 0 N–H and O–H groups in total. The molecule has 4 nitrogen and oxygen atoms in total. The molecule has 0 amide bonds. The van der Waals surface area contributed by atoms with Crippen LogP contribution < -0.4 is 0 Å². The molecule has 0 aromatic heterocycles. The Balaban J connectivity index is 2.26. The van der Waals surface area contributed by atoms with Crippen molar-refractivity contribution >= 4 is 15.7 Å². The van der Waals surface area contributed by atoms with Crippen molar-refractivity contribution in [1.29, 1.82) is 0 Å². The molecule has 0 aliphatic carbocycles. The molecule has 1 aliphatic heterocycles. The van der Waals surface area contributed by atoms with E-state index in [1.165, 1.54) is 0 Å². The van der Waals surface area contributed by atoms with E-state index in [0.717, 1.165) is 0 Å². The van der Waals surface area contributed by atoms with E-state index in [4.69, 9.17) is 13.9 Å². The largest absolute Gasteiger partial charge is 0.434 e. The van der Waals surface area contributed by atoms with E-state index in [0.29, 0.717) is 13.0 Å². The zero-order valence-corrected chi connectivity index (χ0v) is 8.82. The molecule has 0 bridgehead atoms. The molecule has 0 spiro atoms.